The maximum Gasteiger partial charge on any atom is 0.356 e. The van der Waals surface area contributed by atoms with Gasteiger partial charge in [-0.05, 0) is 28.5 Å². The summed E-state index contributed by atoms with van der Waals surface area (Å²) >= 11 is 1.62. The van der Waals surface area contributed by atoms with Crippen molar-refractivity contribution < 1.29 is 14.6 Å². The van der Waals surface area contributed by atoms with Crippen LogP contribution in [0.2, 0.25) is 0 Å². The van der Waals surface area contributed by atoms with Crippen LogP contribution in [0.3, 0.4) is 0 Å². The first-order valence-corrected chi connectivity index (χ1v) is 6.12. The van der Waals surface area contributed by atoms with E-state index in [2.05, 4.69) is 5.10 Å². The first-order valence-electron chi connectivity index (χ1n) is 5.18. The largest absolute Gasteiger partial charge is 0.476 e. The summed E-state index contributed by atoms with van der Waals surface area (Å²) in [5.74, 6) is -1.00. The lowest BCUT2D eigenvalue weighted by Crippen LogP contribution is -2.21. The molecular formula is C11H10N2O3S. The fourth-order valence-electron chi connectivity index (χ4n) is 1.89. The van der Waals surface area contributed by atoms with Gasteiger partial charge in [0.1, 0.15) is 6.10 Å². The molecule has 3 heterocycles. The van der Waals surface area contributed by atoms with Crippen LogP contribution in [-0.4, -0.2) is 20.9 Å². The van der Waals surface area contributed by atoms with E-state index >= 15 is 0 Å². The molecule has 0 saturated carbocycles. The minimum absolute atomic E-state index is 0.0321. The molecule has 88 valence electrons. The molecule has 1 N–H and O–H groups in total. The number of carboxylic acids is 1. The number of rotatable bonds is 2. The standard InChI is InChI=1S/C11H10N2O3S/c14-11(15)9-3-8-5-16-10(4-13(8)12-9)7-1-2-17-6-7/h1-3,6,10H,4-5H2,(H,14,15)/t10-/m0/s1. The molecule has 0 aliphatic carbocycles. The molecule has 1 atom stereocenters. The third kappa shape index (κ3) is 1.85. The maximum atomic E-state index is 10.8. The molecule has 0 unspecified atom stereocenters. The van der Waals surface area contributed by atoms with Crippen molar-refractivity contribution in [1.82, 2.24) is 9.78 Å². The van der Waals surface area contributed by atoms with Crippen LogP contribution in [0.1, 0.15) is 27.8 Å². The second-order valence-electron chi connectivity index (χ2n) is 3.86. The van der Waals surface area contributed by atoms with E-state index in [0.717, 1.165) is 11.3 Å². The number of nitrogens with zero attached hydrogens (tertiary/aromatic N) is 2. The van der Waals surface area contributed by atoms with Gasteiger partial charge in [-0.3, -0.25) is 4.68 Å². The molecule has 17 heavy (non-hydrogen) atoms. The van der Waals surface area contributed by atoms with Gasteiger partial charge in [0.2, 0.25) is 0 Å². The van der Waals surface area contributed by atoms with Crippen LogP contribution in [0, 0.1) is 0 Å². The van der Waals surface area contributed by atoms with Gasteiger partial charge in [-0.2, -0.15) is 16.4 Å². The summed E-state index contributed by atoms with van der Waals surface area (Å²) in [6, 6.07) is 3.58. The van der Waals surface area contributed by atoms with E-state index in [1.54, 1.807) is 22.1 Å². The predicted molar refractivity (Wildman–Crippen MR) is 61.0 cm³/mol. The highest BCUT2D eigenvalue weighted by molar-refractivity contribution is 7.07. The fraction of sp³-hybridized carbons (Fsp3) is 0.273. The summed E-state index contributed by atoms with van der Waals surface area (Å²) in [4.78, 5) is 10.8. The highest BCUT2D eigenvalue weighted by Gasteiger charge is 2.23. The quantitative estimate of drug-likeness (QED) is 0.884. The summed E-state index contributed by atoms with van der Waals surface area (Å²) in [7, 11) is 0. The number of ether oxygens (including phenoxy) is 1. The minimum atomic E-state index is -1.00. The zero-order valence-electron chi connectivity index (χ0n) is 8.87. The molecule has 5 nitrogen and oxygen atoms in total. The van der Waals surface area contributed by atoms with Gasteiger partial charge in [0.25, 0.3) is 0 Å². The first-order chi connectivity index (χ1) is 8.24. The van der Waals surface area contributed by atoms with Crippen LogP contribution in [0.4, 0.5) is 0 Å². The van der Waals surface area contributed by atoms with E-state index in [-0.39, 0.29) is 11.8 Å². The molecule has 3 rings (SSSR count). The van der Waals surface area contributed by atoms with Crippen molar-refractivity contribution in [1.29, 1.82) is 0 Å². The molecule has 0 saturated heterocycles. The molecule has 1 aliphatic rings. The van der Waals surface area contributed by atoms with Gasteiger partial charge in [-0.25, -0.2) is 4.79 Å². The van der Waals surface area contributed by atoms with Crippen molar-refractivity contribution in [3.05, 3.63) is 39.8 Å². The first kappa shape index (κ1) is 10.5. The zero-order chi connectivity index (χ0) is 11.8. The molecule has 2 aromatic rings. The zero-order valence-corrected chi connectivity index (χ0v) is 9.68. The van der Waals surface area contributed by atoms with Crippen LogP contribution in [0.5, 0.6) is 0 Å². The van der Waals surface area contributed by atoms with E-state index in [4.69, 9.17) is 9.84 Å². The summed E-state index contributed by atoms with van der Waals surface area (Å²) in [5.41, 5.74) is 2.01. The minimum Gasteiger partial charge on any atom is -0.476 e. The Bertz CT molecular complexity index is 547. The van der Waals surface area contributed by atoms with Crippen LogP contribution in [0.25, 0.3) is 0 Å². The van der Waals surface area contributed by atoms with Gasteiger partial charge >= 0.3 is 5.97 Å². The molecule has 0 bridgehead atoms. The number of thiophene rings is 1. The van der Waals surface area contributed by atoms with E-state index in [0.29, 0.717) is 13.2 Å². The Kier molecular flexibility index (Phi) is 2.45. The smallest absolute Gasteiger partial charge is 0.356 e. The molecule has 0 amide bonds. The number of aromatic carboxylic acids is 1. The molecule has 0 aromatic carbocycles. The molecule has 1 aliphatic heterocycles. The Morgan fingerprint density at radius 3 is 3.24 bits per heavy atom. The molecule has 0 fully saturated rings. The van der Waals surface area contributed by atoms with Crippen LogP contribution < -0.4 is 0 Å². The second kappa shape index (κ2) is 3.97. The van der Waals surface area contributed by atoms with Gasteiger partial charge < -0.3 is 9.84 Å². The van der Waals surface area contributed by atoms with Gasteiger partial charge in [0.15, 0.2) is 5.69 Å². The van der Waals surface area contributed by atoms with Crippen molar-refractivity contribution in [2.24, 2.45) is 0 Å². The topological polar surface area (TPSA) is 64.3 Å². The Labute approximate surface area is 101 Å². The lowest BCUT2D eigenvalue weighted by Gasteiger charge is -2.23. The average molecular weight is 250 g/mol. The van der Waals surface area contributed by atoms with Crippen molar-refractivity contribution in [3.8, 4) is 0 Å². The Morgan fingerprint density at radius 1 is 1.65 bits per heavy atom. The second-order valence-corrected chi connectivity index (χ2v) is 4.64. The SMILES string of the molecule is O=C(O)c1cc2n(n1)C[C@@H](c1ccsc1)OC2. The van der Waals surface area contributed by atoms with E-state index in [9.17, 15) is 4.79 Å². The number of hydrogen-bond donors (Lipinski definition) is 1. The fourth-order valence-corrected chi connectivity index (χ4v) is 2.59. The molecular weight excluding hydrogens is 240 g/mol. The van der Waals surface area contributed by atoms with E-state index < -0.39 is 5.97 Å². The number of fused-ring (bicyclic) bond motifs is 1. The van der Waals surface area contributed by atoms with Crippen LogP contribution in [-0.2, 0) is 17.9 Å². The van der Waals surface area contributed by atoms with Crippen molar-refractivity contribution in [2.45, 2.75) is 19.3 Å². The Balaban J connectivity index is 1.88. The lowest BCUT2D eigenvalue weighted by molar-refractivity contribution is -0.000980. The van der Waals surface area contributed by atoms with Crippen molar-refractivity contribution in [2.75, 3.05) is 0 Å². The van der Waals surface area contributed by atoms with Crippen LogP contribution in [0.15, 0.2) is 22.9 Å². The third-order valence-electron chi connectivity index (χ3n) is 2.77. The molecule has 0 radical (unpaired) electrons. The highest BCUT2D eigenvalue weighted by atomic mass is 32.1. The third-order valence-corrected chi connectivity index (χ3v) is 3.47. The highest BCUT2D eigenvalue weighted by Crippen LogP contribution is 2.27. The summed E-state index contributed by atoms with van der Waals surface area (Å²) in [5, 5.41) is 17.0. The summed E-state index contributed by atoms with van der Waals surface area (Å²) in [6.07, 6.45) is -0.0321. The predicted octanol–water partition coefficient (Wildman–Crippen LogP) is 1.91. The van der Waals surface area contributed by atoms with Gasteiger partial charge in [0.05, 0.1) is 18.8 Å². The van der Waals surface area contributed by atoms with Gasteiger partial charge in [0, 0.05) is 0 Å². The number of hydrogen-bond acceptors (Lipinski definition) is 4. The normalized spacial score (nSPS) is 18.9. The maximum absolute atomic E-state index is 10.8. The molecule has 2 aromatic heterocycles. The van der Waals surface area contributed by atoms with E-state index in [1.807, 2.05) is 16.8 Å². The summed E-state index contributed by atoms with van der Waals surface area (Å²) in [6.45, 7) is 0.972. The molecule has 0 spiro atoms. The van der Waals surface area contributed by atoms with Crippen molar-refractivity contribution >= 4 is 17.3 Å². The van der Waals surface area contributed by atoms with Gasteiger partial charge in [-0.15, -0.1) is 0 Å². The number of carbonyl (C=O) groups is 1. The Hall–Kier alpha value is -1.66. The average Bonchev–Trinajstić information content (AvgIpc) is 2.97. The molecule has 6 heteroatoms. The Morgan fingerprint density at radius 2 is 2.53 bits per heavy atom. The van der Waals surface area contributed by atoms with Gasteiger partial charge in [-0.1, -0.05) is 0 Å². The lowest BCUT2D eigenvalue weighted by atomic mass is 10.2. The summed E-state index contributed by atoms with van der Waals surface area (Å²) < 4.78 is 7.41. The monoisotopic (exact) mass is 250 g/mol. The van der Waals surface area contributed by atoms with Crippen molar-refractivity contribution in [3.63, 3.8) is 0 Å². The van der Waals surface area contributed by atoms with E-state index in [1.165, 1.54) is 0 Å². The van der Waals surface area contributed by atoms with Crippen LogP contribution >= 0.6 is 11.3 Å². The number of aromatic nitrogens is 2. The number of carboxylic acid groups (broad SMARTS) is 1.